The van der Waals surface area contributed by atoms with E-state index in [2.05, 4.69) is 11.1 Å². The van der Waals surface area contributed by atoms with E-state index in [0.29, 0.717) is 6.61 Å². The Labute approximate surface area is 155 Å². The number of rotatable bonds is 19. The second-order valence-electron chi connectivity index (χ2n) is 7.01. The Morgan fingerprint density at radius 1 is 0.760 bits per heavy atom. The normalized spacial score (nSPS) is 13.2. The van der Waals surface area contributed by atoms with Gasteiger partial charge in [0.15, 0.2) is 0 Å². The summed E-state index contributed by atoms with van der Waals surface area (Å²) in [6.07, 6.45) is 17.8. The lowest BCUT2D eigenvalue weighted by Gasteiger charge is -2.10. The molecule has 0 bridgehead atoms. The van der Waals surface area contributed by atoms with Crippen LogP contribution in [0.3, 0.4) is 0 Å². The van der Waals surface area contributed by atoms with Gasteiger partial charge < -0.3 is 4.74 Å². The molecule has 1 atom stereocenters. The van der Waals surface area contributed by atoms with Crippen molar-refractivity contribution in [3.05, 3.63) is 0 Å². The lowest BCUT2D eigenvalue weighted by atomic mass is 10.0. The highest BCUT2D eigenvalue weighted by Crippen LogP contribution is 2.13. The zero-order valence-electron chi connectivity index (χ0n) is 16.4. The van der Waals surface area contributed by atoms with Crippen molar-refractivity contribution in [2.75, 3.05) is 13.2 Å². The molecular weight excluding hydrogens is 340 g/mol. The van der Waals surface area contributed by atoms with Gasteiger partial charge in [-0.25, -0.2) is 4.18 Å². The summed E-state index contributed by atoms with van der Waals surface area (Å²) in [5.74, 6) is 0. The average Bonchev–Trinajstić information content (AvgIpc) is 2.53. The first kappa shape index (κ1) is 24.8. The van der Waals surface area contributed by atoms with Gasteiger partial charge in [0.1, 0.15) is 0 Å². The fourth-order valence-corrected chi connectivity index (χ4v) is 3.35. The molecule has 1 N–H and O–H groups in total. The summed E-state index contributed by atoms with van der Waals surface area (Å²) in [6, 6.07) is 0. The first-order chi connectivity index (χ1) is 12.0. The molecule has 25 heavy (non-hydrogen) atoms. The molecule has 0 spiro atoms. The quantitative estimate of drug-likeness (QED) is 0.230. The van der Waals surface area contributed by atoms with Crippen LogP contribution in [0.4, 0.5) is 0 Å². The van der Waals surface area contributed by atoms with Gasteiger partial charge >= 0.3 is 10.4 Å². The van der Waals surface area contributed by atoms with E-state index in [4.69, 9.17) is 9.29 Å². The Morgan fingerprint density at radius 3 is 1.56 bits per heavy atom. The first-order valence-corrected chi connectivity index (χ1v) is 11.6. The van der Waals surface area contributed by atoms with Gasteiger partial charge in [-0.2, -0.15) is 8.42 Å². The molecule has 0 aromatic rings. The first-order valence-electron chi connectivity index (χ1n) is 10.2. The van der Waals surface area contributed by atoms with Crippen LogP contribution in [0.5, 0.6) is 0 Å². The maximum Gasteiger partial charge on any atom is 0.397 e. The van der Waals surface area contributed by atoms with Crippen LogP contribution in [-0.2, 0) is 19.3 Å². The lowest BCUT2D eigenvalue weighted by molar-refractivity contribution is 0.0538. The topological polar surface area (TPSA) is 72.8 Å². The molecule has 0 radical (unpaired) electrons. The van der Waals surface area contributed by atoms with Crippen LogP contribution >= 0.6 is 0 Å². The standard InChI is InChI=1S/C19H40O5S/c1-3-4-5-6-7-8-9-10-11-12-13-14-15-16-17-23-18-19(2)24-25(20,21)22/h19H,3-18H2,1-2H3,(H,20,21,22). The van der Waals surface area contributed by atoms with Crippen LogP contribution in [0.15, 0.2) is 0 Å². The van der Waals surface area contributed by atoms with E-state index in [1.54, 1.807) is 6.92 Å². The Balaban J connectivity index is 3.14. The molecule has 0 aliphatic rings. The van der Waals surface area contributed by atoms with Crippen LogP contribution in [0.1, 0.15) is 104 Å². The minimum atomic E-state index is -4.38. The van der Waals surface area contributed by atoms with Gasteiger partial charge in [0.25, 0.3) is 0 Å². The monoisotopic (exact) mass is 380 g/mol. The third kappa shape index (κ3) is 21.8. The molecule has 0 saturated heterocycles. The predicted molar refractivity (Wildman–Crippen MR) is 103 cm³/mol. The maximum absolute atomic E-state index is 10.5. The van der Waals surface area contributed by atoms with Crippen molar-refractivity contribution in [1.82, 2.24) is 0 Å². The predicted octanol–water partition coefficient (Wildman–Crippen LogP) is 5.69. The van der Waals surface area contributed by atoms with Crippen molar-refractivity contribution in [3.63, 3.8) is 0 Å². The molecular formula is C19H40O5S. The molecule has 5 nitrogen and oxygen atoms in total. The van der Waals surface area contributed by atoms with Gasteiger partial charge in [-0.1, -0.05) is 90.4 Å². The highest BCUT2D eigenvalue weighted by molar-refractivity contribution is 7.80. The fourth-order valence-electron chi connectivity index (χ4n) is 2.88. The highest BCUT2D eigenvalue weighted by atomic mass is 32.3. The van der Waals surface area contributed by atoms with Gasteiger partial charge in [0, 0.05) is 6.61 Å². The molecule has 1 unspecified atom stereocenters. The second kappa shape index (κ2) is 17.3. The van der Waals surface area contributed by atoms with Gasteiger partial charge in [-0.05, 0) is 13.3 Å². The summed E-state index contributed by atoms with van der Waals surface area (Å²) in [6.45, 7) is 4.60. The van der Waals surface area contributed by atoms with Crippen molar-refractivity contribution in [2.45, 2.75) is 110 Å². The van der Waals surface area contributed by atoms with E-state index in [1.165, 1.54) is 77.0 Å². The van der Waals surface area contributed by atoms with Gasteiger partial charge in [-0.15, -0.1) is 0 Å². The summed E-state index contributed by atoms with van der Waals surface area (Å²) in [7, 11) is -4.38. The summed E-state index contributed by atoms with van der Waals surface area (Å²) in [4.78, 5) is 0. The van der Waals surface area contributed by atoms with E-state index in [9.17, 15) is 8.42 Å². The van der Waals surface area contributed by atoms with Crippen LogP contribution in [0.25, 0.3) is 0 Å². The third-order valence-electron chi connectivity index (χ3n) is 4.28. The summed E-state index contributed by atoms with van der Waals surface area (Å²) in [5, 5.41) is 0. The molecule has 0 rings (SSSR count). The molecule has 0 heterocycles. The number of hydrogen-bond donors (Lipinski definition) is 1. The largest absolute Gasteiger partial charge is 0.397 e. The highest BCUT2D eigenvalue weighted by Gasteiger charge is 2.11. The van der Waals surface area contributed by atoms with Crippen molar-refractivity contribution in [1.29, 1.82) is 0 Å². The Bertz CT molecular complexity index is 370. The second-order valence-corrected chi connectivity index (χ2v) is 8.05. The van der Waals surface area contributed by atoms with E-state index >= 15 is 0 Å². The number of hydrogen-bond acceptors (Lipinski definition) is 4. The van der Waals surface area contributed by atoms with Crippen molar-refractivity contribution >= 4 is 10.4 Å². The molecule has 0 aliphatic carbocycles. The van der Waals surface area contributed by atoms with Gasteiger partial charge in [-0.3, -0.25) is 4.55 Å². The maximum atomic E-state index is 10.5. The smallest absolute Gasteiger partial charge is 0.379 e. The Kier molecular flexibility index (Phi) is 17.1. The molecule has 6 heteroatoms. The molecule has 0 saturated carbocycles. The summed E-state index contributed by atoms with van der Waals surface area (Å²) in [5.41, 5.74) is 0. The zero-order valence-corrected chi connectivity index (χ0v) is 17.2. The van der Waals surface area contributed by atoms with Gasteiger partial charge in [0.05, 0.1) is 12.7 Å². The SMILES string of the molecule is CCCCCCCCCCCCCCCCOCC(C)OS(=O)(=O)O. The Morgan fingerprint density at radius 2 is 1.16 bits per heavy atom. The Hall–Kier alpha value is -0.170. The average molecular weight is 381 g/mol. The molecule has 0 aromatic carbocycles. The van der Waals surface area contributed by atoms with Gasteiger partial charge in [0.2, 0.25) is 0 Å². The van der Waals surface area contributed by atoms with E-state index in [1.807, 2.05) is 0 Å². The van der Waals surface area contributed by atoms with Crippen LogP contribution in [0, 0.1) is 0 Å². The fraction of sp³-hybridized carbons (Fsp3) is 1.00. The molecule has 0 aliphatic heterocycles. The third-order valence-corrected chi connectivity index (χ3v) is 4.85. The van der Waals surface area contributed by atoms with Crippen LogP contribution in [-0.4, -0.2) is 32.3 Å². The summed E-state index contributed by atoms with van der Waals surface area (Å²) >= 11 is 0. The molecule has 152 valence electrons. The molecule has 0 aromatic heterocycles. The number of unbranched alkanes of at least 4 members (excludes halogenated alkanes) is 13. The zero-order chi connectivity index (χ0) is 18.8. The van der Waals surface area contributed by atoms with E-state index in [0.717, 1.165) is 12.8 Å². The van der Waals surface area contributed by atoms with Crippen LogP contribution in [0.2, 0.25) is 0 Å². The van der Waals surface area contributed by atoms with Crippen molar-refractivity contribution < 1.29 is 21.9 Å². The van der Waals surface area contributed by atoms with E-state index < -0.39 is 16.5 Å². The minimum Gasteiger partial charge on any atom is -0.379 e. The van der Waals surface area contributed by atoms with Crippen molar-refractivity contribution in [2.24, 2.45) is 0 Å². The summed E-state index contributed by atoms with van der Waals surface area (Å²) < 4.78 is 39.2. The lowest BCUT2D eigenvalue weighted by Crippen LogP contribution is -2.20. The molecule has 0 amide bonds. The van der Waals surface area contributed by atoms with E-state index in [-0.39, 0.29) is 6.61 Å². The molecule has 0 fully saturated rings. The van der Waals surface area contributed by atoms with Crippen LogP contribution < -0.4 is 0 Å². The van der Waals surface area contributed by atoms with Crippen molar-refractivity contribution in [3.8, 4) is 0 Å². The minimum absolute atomic E-state index is 0.179. The number of ether oxygens (including phenoxy) is 1.